The van der Waals surface area contributed by atoms with E-state index in [-0.39, 0.29) is 5.41 Å². The van der Waals surface area contributed by atoms with E-state index >= 15 is 0 Å². The first-order chi connectivity index (χ1) is 49.5. The largest absolute Gasteiger partial charge is 0.0882 e. The van der Waals surface area contributed by atoms with E-state index in [4.69, 9.17) is 0 Å². The standard InChI is InChI=1S/C11H22.C11H20.C11H18.C11H22.2C11H20.2C11H18.C11H22.C10H18/c3*1-10(2,3)9-7-6-8-11(9,4)5;5*1-9(2)10-7-5-6-8-11(10,3)4;1-9(2)11-8-6-4-5-7-10(11)3;1-8(2)9-6-5-7-10(9,3)4/h9H,6-8H2,1-5H3;7H,6,8H2,1-5H3;6-8H,1-5H3;9-10H,5-8H2,1-4H3;7,9H,5-6,8H2,1-4H3;5,7,9-10H,6,8H2,1-4H3;6-9H,5H2,1-4H3;5-7,9H,8H2,1-4H3;9-11H,4-8H2,1-3H3;5-6,8-9H,7H2,1-4H3. The van der Waals surface area contributed by atoms with Crippen molar-refractivity contribution in [1.82, 2.24) is 0 Å². The lowest BCUT2D eigenvalue weighted by molar-refractivity contribution is 0.0958. The molecule has 0 aromatic heterocycles. The molecule has 0 amide bonds. The molecule has 0 heterocycles. The van der Waals surface area contributed by atoms with Gasteiger partial charge in [0.25, 0.3) is 0 Å². The van der Waals surface area contributed by atoms with Crippen LogP contribution in [0, 0.1) is 142 Å². The second kappa shape index (κ2) is 44.7. The molecule has 0 aromatic rings. The van der Waals surface area contributed by atoms with E-state index in [1.54, 1.807) is 22.3 Å². The summed E-state index contributed by atoms with van der Waals surface area (Å²) in [5.74, 6) is 11.0. The monoisotopic (exact) mass is 1510 g/mol. The van der Waals surface area contributed by atoms with Crippen molar-refractivity contribution >= 4 is 0 Å². The summed E-state index contributed by atoms with van der Waals surface area (Å²) in [5.41, 5.74) is 13.4. The van der Waals surface area contributed by atoms with E-state index in [1.807, 2.05) is 0 Å². The third-order valence-corrected chi connectivity index (χ3v) is 28.0. The van der Waals surface area contributed by atoms with Gasteiger partial charge in [-0.05, 0) is 227 Å². The van der Waals surface area contributed by atoms with Crippen molar-refractivity contribution in [1.29, 1.82) is 0 Å². The molecule has 10 rings (SSSR count). The van der Waals surface area contributed by atoms with Gasteiger partial charge in [0, 0.05) is 10.8 Å². The highest BCUT2D eigenvalue weighted by Crippen LogP contribution is 2.52. The summed E-state index contributed by atoms with van der Waals surface area (Å²) < 4.78 is 0. The van der Waals surface area contributed by atoms with Crippen LogP contribution in [-0.4, -0.2) is 0 Å². The molecule has 3 saturated carbocycles. The lowest BCUT2D eigenvalue weighted by atomic mass is 9.65. The zero-order chi connectivity index (χ0) is 84.6. The number of rotatable bonds is 7. The van der Waals surface area contributed by atoms with Crippen LogP contribution in [0.15, 0.2) is 119 Å². The van der Waals surface area contributed by atoms with Gasteiger partial charge in [-0.1, -0.05) is 455 Å². The van der Waals surface area contributed by atoms with Crippen molar-refractivity contribution in [2.75, 3.05) is 0 Å². The first kappa shape index (κ1) is 104. The third-order valence-electron chi connectivity index (χ3n) is 28.0. The topological polar surface area (TPSA) is 0 Å². The smallest absolute Gasteiger partial charge is 0.00457 e. The predicted octanol–water partition coefficient (Wildman–Crippen LogP) is 36.7. The molecule has 0 bridgehead atoms. The fraction of sp³-hybridized carbons (Fsp3) is 0.817. The average molecular weight is 1510 g/mol. The summed E-state index contributed by atoms with van der Waals surface area (Å²) >= 11 is 0. The fourth-order valence-electron chi connectivity index (χ4n) is 22.7. The van der Waals surface area contributed by atoms with E-state index in [9.17, 15) is 0 Å². The Labute approximate surface area is 688 Å². The second-order valence-electron chi connectivity index (χ2n) is 47.8. The minimum absolute atomic E-state index is 0.276. The Morgan fingerprint density at radius 1 is 0.349 bits per heavy atom. The first-order valence-corrected chi connectivity index (χ1v) is 46.4. The van der Waals surface area contributed by atoms with Gasteiger partial charge in [0.15, 0.2) is 0 Å². The maximum absolute atomic E-state index is 2.45. The molecule has 109 heavy (non-hydrogen) atoms. The molecule has 6 unspecified atom stereocenters. The van der Waals surface area contributed by atoms with Crippen molar-refractivity contribution < 1.29 is 0 Å². The molecule has 0 aromatic carbocycles. The van der Waals surface area contributed by atoms with Crippen LogP contribution in [0.1, 0.15) is 432 Å². The number of hydrogen-bond acceptors (Lipinski definition) is 0. The predicted molar refractivity (Wildman–Crippen MR) is 501 cm³/mol. The van der Waals surface area contributed by atoms with Crippen LogP contribution < -0.4 is 0 Å². The van der Waals surface area contributed by atoms with Gasteiger partial charge in [-0.3, -0.25) is 0 Å². The van der Waals surface area contributed by atoms with Crippen molar-refractivity contribution in [3.8, 4) is 0 Å². The van der Waals surface area contributed by atoms with Crippen LogP contribution in [0.3, 0.4) is 0 Å². The Kier molecular flexibility index (Phi) is 42.8. The Morgan fingerprint density at radius 2 is 0.881 bits per heavy atom. The Balaban J connectivity index is 0.000000606. The van der Waals surface area contributed by atoms with Gasteiger partial charge in [0.2, 0.25) is 0 Å². The second-order valence-corrected chi connectivity index (χ2v) is 47.8. The van der Waals surface area contributed by atoms with E-state index in [0.29, 0.717) is 71.4 Å². The molecular weight excluding hydrogens is 1310 g/mol. The highest BCUT2D eigenvalue weighted by molar-refractivity contribution is 5.35. The molecule has 10 aliphatic rings. The zero-order valence-corrected chi connectivity index (χ0v) is 82.2. The average Bonchev–Trinajstić information content (AvgIpc) is 1.67. The fourth-order valence-corrected chi connectivity index (χ4v) is 22.7. The Bertz CT molecular complexity index is 2860. The minimum atomic E-state index is 0.276. The van der Waals surface area contributed by atoms with Crippen LogP contribution in [-0.2, 0) is 0 Å². The van der Waals surface area contributed by atoms with E-state index in [2.05, 4.69) is 382 Å². The number of hydrogen-bond donors (Lipinski definition) is 0. The van der Waals surface area contributed by atoms with Gasteiger partial charge >= 0.3 is 0 Å². The summed E-state index contributed by atoms with van der Waals surface area (Å²) in [6.45, 7) is 98.2. The maximum Gasteiger partial charge on any atom is 0.00457 e. The highest BCUT2D eigenvalue weighted by Gasteiger charge is 2.42. The Hall–Kier alpha value is -2.60. The van der Waals surface area contributed by atoms with Crippen LogP contribution >= 0.6 is 0 Å². The maximum atomic E-state index is 2.45. The summed E-state index contributed by atoms with van der Waals surface area (Å²) in [7, 11) is 0. The van der Waals surface area contributed by atoms with Gasteiger partial charge in [-0.15, -0.1) is 0 Å². The molecule has 3 fully saturated rings. The first-order valence-electron chi connectivity index (χ1n) is 46.4. The SMILES string of the molecule is CC(C)(C)C1=CC=CC1(C)C.CC(C)(C)C1=CCCC1(C)C.CC(C)(C)C1CCCC1(C)C.CC(C)C1=CC=CCC1(C)C.CC(C)C1=CCC=CC1(C)C.CC(C)C1=CCCCC1(C)C.CC(C)C1C=CCC1(C)C.CC(C)C1C=CCCC1(C)C.CC(C)C1CCCCC1(C)C.CC(C)C1CCCCCC1C. The van der Waals surface area contributed by atoms with Gasteiger partial charge < -0.3 is 0 Å². The normalized spacial score (nSPS) is 26.8. The van der Waals surface area contributed by atoms with Gasteiger partial charge in [-0.25, -0.2) is 0 Å². The van der Waals surface area contributed by atoms with Crippen LogP contribution in [0.5, 0.6) is 0 Å². The quantitative estimate of drug-likeness (QED) is 0.176. The van der Waals surface area contributed by atoms with Crippen molar-refractivity contribution in [3.63, 3.8) is 0 Å². The van der Waals surface area contributed by atoms with Crippen LogP contribution in [0.4, 0.5) is 0 Å². The molecule has 0 spiro atoms. The van der Waals surface area contributed by atoms with E-state index in [1.165, 1.54) is 140 Å². The molecule has 634 valence electrons. The minimum Gasteiger partial charge on any atom is -0.0882 e. The van der Waals surface area contributed by atoms with E-state index < -0.39 is 0 Å². The molecule has 6 atom stereocenters. The van der Waals surface area contributed by atoms with Crippen molar-refractivity contribution in [2.45, 2.75) is 432 Å². The number of allylic oxidation sites excluding steroid dienone is 20. The van der Waals surface area contributed by atoms with Crippen LogP contribution in [0.2, 0.25) is 0 Å². The third kappa shape index (κ3) is 35.8. The van der Waals surface area contributed by atoms with Crippen molar-refractivity contribution in [2.24, 2.45) is 142 Å². The molecule has 0 nitrogen and oxygen atoms in total. The molecule has 0 saturated heterocycles. The molecule has 0 heteroatoms. The van der Waals surface area contributed by atoms with Gasteiger partial charge in [0.05, 0.1) is 0 Å². The van der Waals surface area contributed by atoms with Gasteiger partial charge in [0.1, 0.15) is 0 Å². The van der Waals surface area contributed by atoms with Crippen LogP contribution in [0.25, 0.3) is 0 Å². The highest BCUT2D eigenvalue weighted by atomic mass is 14.5. The summed E-state index contributed by atoms with van der Waals surface area (Å²) in [6, 6.07) is 0. The van der Waals surface area contributed by atoms with Gasteiger partial charge in [-0.2, -0.15) is 0 Å². The lowest BCUT2D eigenvalue weighted by Gasteiger charge is -2.41. The molecule has 0 aliphatic heterocycles. The summed E-state index contributed by atoms with van der Waals surface area (Å²) in [5, 5.41) is 0. The molecule has 10 aliphatic carbocycles. The molecule has 0 N–H and O–H groups in total. The summed E-state index contributed by atoms with van der Waals surface area (Å²) in [6.07, 6.45) is 65.1. The summed E-state index contributed by atoms with van der Waals surface area (Å²) in [4.78, 5) is 0. The molecule has 0 radical (unpaired) electrons. The zero-order valence-electron chi connectivity index (χ0n) is 82.2. The lowest BCUT2D eigenvalue weighted by Crippen LogP contribution is -2.31. The molecular formula is C109H198. The Morgan fingerprint density at radius 3 is 1.20 bits per heavy atom. The van der Waals surface area contributed by atoms with Crippen molar-refractivity contribution in [3.05, 3.63) is 119 Å². The van der Waals surface area contributed by atoms with E-state index in [0.717, 1.165) is 71.5 Å².